The summed E-state index contributed by atoms with van der Waals surface area (Å²) in [6, 6.07) is 15.8. The quantitative estimate of drug-likeness (QED) is 0.346. The molecule has 2 fully saturated rings. The van der Waals surface area contributed by atoms with Gasteiger partial charge in [0.1, 0.15) is 6.04 Å². The van der Waals surface area contributed by atoms with Crippen LogP contribution in [-0.2, 0) is 16.0 Å². The van der Waals surface area contributed by atoms with Crippen molar-refractivity contribution in [2.75, 3.05) is 18.4 Å². The molecule has 2 aliphatic rings. The molecule has 214 valence electrons. The van der Waals surface area contributed by atoms with E-state index in [9.17, 15) is 27.6 Å². The van der Waals surface area contributed by atoms with Gasteiger partial charge in [0.25, 0.3) is 5.91 Å². The Morgan fingerprint density at radius 2 is 1.51 bits per heavy atom. The van der Waals surface area contributed by atoms with Crippen LogP contribution in [0.2, 0.25) is 0 Å². The number of piperidine rings is 1. The minimum atomic E-state index is -1.59. The molecule has 5 rings (SSSR count). The van der Waals surface area contributed by atoms with Crippen molar-refractivity contribution < 1.29 is 27.6 Å². The van der Waals surface area contributed by atoms with E-state index in [0.29, 0.717) is 24.7 Å². The molecule has 9 heteroatoms. The monoisotopic (exact) mass is 563 g/mol. The summed E-state index contributed by atoms with van der Waals surface area (Å²) in [7, 11) is 0. The summed E-state index contributed by atoms with van der Waals surface area (Å²) in [4.78, 5) is 39.8. The molecule has 1 atom stereocenters. The Balaban J connectivity index is 1.18. The van der Waals surface area contributed by atoms with Crippen molar-refractivity contribution in [3.05, 3.63) is 100 Å². The highest BCUT2D eigenvalue weighted by molar-refractivity contribution is 5.97. The Kier molecular flexibility index (Phi) is 8.42. The molecule has 1 saturated heterocycles. The SMILES string of the molecule is CC(=O)NC(Cc1cc(F)c(F)c(F)c1)C(=O)Nc1ccc(C2CCN(C(=O)c3ccccc3C3CC3)CC2)cc1. The molecule has 2 N–H and O–H groups in total. The molecule has 0 aromatic heterocycles. The van der Waals surface area contributed by atoms with Gasteiger partial charge in [-0.05, 0) is 84.5 Å². The minimum absolute atomic E-state index is 0.0338. The van der Waals surface area contributed by atoms with Crippen LogP contribution < -0.4 is 10.6 Å². The van der Waals surface area contributed by atoms with Crippen molar-refractivity contribution in [2.24, 2.45) is 0 Å². The lowest BCUT2D eigenvalue weighted by Gasteiger charge is -2.33. The Hall–Kier alpha value is -4.14. The Morgan fingerprint density at radius 3 is 2.12 bits per heavy atom. The molecule has 1 unspecified atom stereocenters. The van der Waals surface area contributed by atoms with Gasteiger partial charge in [-0.25, -0.2) is 13.2 Å². The standard InChI is InChI=1S/C32H32F3N3O3/c1-19(39)36-29(18-20-16-27(33)30(35)28(34)17-20)31(40)37-24-10-8-21(9-11-24)22-12-14-38(15-13-22)32(41)26-5-3-2-4-25(26)23-6-7-23/h2-5,8-11,16-17,22-23,29H,6-7,12-15,18H2,1H3,(H,36,39)(H,37,40). The summed E-state index contributed by atoms with van der Waals surface area (Å²) >= 11 is 0. The topological polar surface area (TPSA) is 78.5 Å². The largest absolute Gasteiger partial charge is 0.344 e. The number of hydrogen-bond donors (Lipinski definition) is 2. The maximum atomic E-state index is 13.7. The highest BCUT2D eigenvalue weighted by Crippen LogP contribution is 2.42. The van der Waals surface area contributed by atoms with Gasteiger partial charge in [0.15, 0.2) is 17.5 Å². The van der Waals surface area contributed by atoms with Crippen molar-refractivity contribution >= 4 is 23.4 Å². The van der Waals surface area contributed by atoms with E-state index in [1.807, 2.05) is 35.2 Å². The van der Waals surface area contributed by atoms with Crippen LogP contribution in [0.1, 0.15) is 71.5 Å². The number of amides is 3. The van der Waals surface area contributed by atoms with Gasteiger partial charge < -0.3 is 15.5 Å². The van der Waals surface area contributed by atoms with E-state index in [1.165, 1.54) is 6.92 Å². The first-order valence-corrected chi connectivity index (χ1v) is 13.9. The van der Waals surface area contributed by atoms with Gasteiger partial charge >= 0.3 is 0 Å². The van der Waals surface area contributed by atoms with Crippen molar-refractivity contribution in [1.29, 1.82) is 0 Å². The third kappa shape index (κ3) is 6.78. The molecule has 6 nitrogen and oxygen atoms in total. The molecular formula is C32H32F3N3O3. The van der Waals surface area contributed by atoms with Crippen LogP contribution in [0, 0.1) is 17.5 Å². The summed E-state index contributed by atoms with van der Waals surface area (Å²) in [5, 5.41) is 5.21. The Labute approximate surface area is 236 Å². The number of likely N-dealkylation sites (tertiary alicyclic amines) is 1. The van der Waals surface area contributed by atoms with Crippen LogP contribution >= 0.6 is 0 Å². The predicted molar refractivity (Wildman–Crippen MR) is 149 cm³/mol. The fourth-order valence-corrected chi connectivity index (χ4v) is 5.51. The number of nitrogens with one attached hydrogen (secondary N) is 2. The van der Waals surface area contributed by atoms with Crippen LogP contribution in [0.15, 0.2) is 60.7 Å². The van der Waals surface area contributed by atoms with E-state index in [0.717, 1.165) is 54.5 Å². The molecule has 3 aromatic rings. The first-order valence-electron chi connectivity index (χ1n) is 13.9. The van der Waals surface area contributed by atoms with Gasteiger partial charge in [0, 0.05) is 37.7 Å². The van der Waals surface area contributed by atoms with Crippen LogP contribution in [0.3, 0.4) is 0 Å². The van der Waals surface area contributed by atoms with Crippen molar-refractivity contribution in [3.63, 3.8) is 0 Å². The zero-order valence-corrected chi connectivity index (χ0v) is 22.8. The van der Waals surface area contributed by atoms with Crippen molar-refractivity contribution in [2.45, 2.75) is 56.9 Å². The molecule has 1 saturated carbocycles. The fraction of sp³-hybridized carbons (Fsp3) is 0.344. The van der Waals surface area contributed by atoms with Crippen LogP contribution in [0.4, 0.5) is 18.9 Å². The highest BCUT2D eigenvalue weighted by atomic mass is 19.2. The third-order valence-electron chi connectivity index (χ3n) is 7.82. The van der Waals surface area contributed by atoms with E-state index in [2.05, 4.69) is 16.7 Å². The smallest absolute Gasteiger partial charge is 0.254 e. The molecular weight excluding hydrogens is 531 g/mol. The summed E-state index contributed by atoms with van der Waals surface area (Å²) in [5.41, 5.74) is 3.61. The van der Waals surface area contributed by atoms with Gasteiger partial charge in [-0.3, -0.25) is 14.4 Å². The number of nitrogens with zero attached hydrogens (tertiary/aromatic N) is 1. The molecule has 1 aliphatic heterocycles. The molecule has 1 aliphatic carbocycles. The molecule has 0 spiro atoms. The van der Waals surface area contributed by atoms with E-state index < -0.39 is 35.3 Å². The van der Waals surface area contributed by atoms with Crippen LogP contribution in [-0.4, -0.2) is 41.8 Å². The predicted octanol–water partition coefficient (Wildman–Crippen LogP) is 5.69. The first kappa shape index (κ1) is 28.4. The average Bonchev–Trinajstić information content (AvgIpc) is 3.81. The van der Waals surface area contributed by atoms with E-state index in [1.54, 1.807) is 12.1 Å². The summed E-state index contributed by atoms with van der Waals surface area (Å²) in [6.07, 6.45) is 3.73. The normalized spacial score (nSPS) is 16.2. The van der Waals surface area contributed by atoms with Crippen LogP contribution in [0.25, 0.3) is 0 Å². The van der Waals surface area contributed by atoms with Crippen LogP contribution in [0.5, 0.6) is 0 Å². The minimum Gasteiger partial charge on any atom is -0.344 e. The summed E-state index contributed by atoms with van der Waals surface area (Å²) < 4.78 is 40.6. The fourth-order valence-electron chi connectivity index (χ4n) is 5.51. The van der Waals surface area contributed by atoms with E-state index in [4.69, 9.17) is 0 Å². The van der Waals surface area contributed by atoms with Gasteiger partial charge in [-0.1, -0.05) is 30.3 Å². The second kappa shape index (κ2) is 12.2. The number of carbonyl (C=O) groups is 3. The third-order valence-corrected chi connectivity index (χ3v) is 7.82. The van der Waals surface area contributed by atoms with Crippen molar-refractivity contribution in [3.8, 4) is 0 Å². The zero-order valence-electron chi connectivity index (χ0n) is 22.8. The van der Waals surface area contributed by atoms with Gasteiger partial charge in [0.2, 0.25) is 11.8 Å². The number of hydrogen-bond acceptors (Lipinski definition) is 3. The zero-order chi connectivity index (χ0) is 29.1. The van der Waals surface area contributed by atoms with Gasteiger partial charge in [-0.15, -0.1) is 0 Å². The average molecular weight is 564 g/mol. The molecule has 0 radical (unpaired) electrons. The number of halogens is 3. The molecule has 3 aromatic carbocycles. The second-order valence-electron chi connectivity index (χ2n) is 10.9. The lowest BCUT2D eigenvalue weighted by Crippen LogP contribution is -2.44. The van der Waals surface area contributed by atoms with Gasteiger partial charge in [0.05, 0.1) is 0 Å². The van der Waals surface area contributed by atoms with E-state index >= 15 is 0 Å². The number of benzene rings is 3. The molecule has 0 bridgehead atoms. The second-order valence-corrected chi connectivity index (χ2v) is 10.9. The summed E-state index contributed by atoms with van der Waals surface area (Å²) in [5.74, 6) is -4.51. The Morgan fingerprint density at radius 1 is 0.878 bits per heavy atom. The maximum Gasteiger partial charge on any atom is 0.254 e. The lowest BCUT2D eigenvalue weighted by molar-refractivity contribution is -0.125. The highest BCUT2D eigenvalue weighted by Gasteiger charge is 2.31. The lowest BCUT2D eigenvalue weighted by atomic mass is 9.89. The van der Waals surface area contributed by atoms with Gasteiger partial charge in [-0.2, -0.15) is 0 Å². The summed E-state index contributed by atoms with van der Waals surface area (Å²) in [6.45, 7) is 2.57. The molecule has 41 heavy (non-hydrogen) atoms. The molecule has 3 amide bonds. The van der Waals surface area contributed by atoms with E-state index in [-0.39, 0.29) is 23.8 Å². The molecule has 1 heterocycles. The number of anilines is 1. The van der Waals surface area contributed by atoms with Crippen molar-refractivity contribution in [1.82, 2.24) is 10.2 Å². The maximum absolute atomic E-state index is 13.7. The number of rotatable bonds is 8. The first-order chi connectivity index (χ1) is 19.7. The number of carbonyl (C=O) groups excluding carboxylic acids is 3. The Bertz CT molecular complexity index is 1430.